The van der Waals surface area contributed by atoms with E-state index in [1.807, 2.05) is 32.5 Å². The molecule has 0 fully saturated rings. The zero-order chi connectivity index (χ0) is 12.1. The summed E-state index contributed by atoms with van der Waals surface area (Å²) in [6.07, 6.45) is 0.168. The summed E-state index contributed by atoms with van der Waals surface area (Å²) in [5.41, 5.74) is 1.83. The van der Waals surface area contributed by atoms with Gasteiger partial charge in [-0.05, 0) is 27.8 Å². The number of nitrogens with zero attached hydrogens (tertiary/aromatic N) is 2. The monoisotopic (exact) mass is 245 g/mol. The van der Waals surface area contributed by atoms with E-state index in [4.69, 9.17) is 16.3 Å². The second kappa shape index (κ2) is 6.23. The van der Waals surface area contributed by atoms with Gasteiger partial charge in [0.1, 0.15) is 0 Å². The summed E-state index contributed by atoms with van der Waals surface area (Å²) in [5, 5.41) is 8.13. The van der Waals surface area contributed by atoms with Crippen LogP contribution >= 0.6 is 11.6 Å². The first-order chi connectivity index (χ1) is 7.60. The molecule has 0 aliphatic carbocycles. The predicted octanol–water partition coefficient (Wildman–Crippen LogP) is 1.99. The minimum Gasteiger partial charge on any atom is -0.371 e. The number of aromatic nitrogens is 2. The lowest BCUT2D eigenvalue weighted by Gasteiger charge is -2.13. The Morgan fingerprint density at radius 1 is 1.56 bits per heavy atom. The summed E-state index contributed by atoms with van der Waals surface area (Å²) >= 11 is 6.17. The number of aryl methyl sites for hydroxylation is 2. The number of hydrogen-bond acceptors (Lipinski definition) is 3. The Balaban J connectivity index is 2.65. The largest absolute Gasteiger partial charge is 0.371 e. The van der Waals surface area contributed by atoms with E-state index in [-0.39, 0.29) is 6.10 Å². The number of ether oxygens (including phenoxy) is 1. The SMILES string of the molecule is CCn1nc(C)c(Cl)c1COC(C)CNC. The number of nitrogens with one attached hydrogen (secondary N) is 1. The van der Waals surface area contributed by atoms with Crippen molar-refractivity contribution in [1.29, 1.82) is 0 Å². The lowest BCUT2D eigenvalue weighted by atomic mass is 10.3. The van der Waals surface area contributed by atoms with E-state index >= 15 is 0 Å². The van der Waals surface area contributed by atoms with E-state index in [1.54, 1.807) is 0 Å². The Hall–Kier alpha value is -0.580. The number of hydrogen-bond donors (Lipinski definition) is 1. The van der Waals surface area contributed by atoms with Gasteiger partial charge in [0.2, 0.25) is 0 Å². The van der Waals surface area contributed by atoms with Gasteiger partial charge in [-0.3, -0.25) is 4.68 Å². The van der Waals surface area contributed by atoms with Crippen LogP contribution in [0, 0.1) is 6.92 Å². The molecule has 0 saturated carbocycles. The molecule has 0 bridgehead atoms. The van der Waals surface area contributed by atoms with Gasteiger partial charge in [0.25, 0.3) is 0 Å². The van der Waals surface area contributed by atoms with Crippen LogP contribution in [-0.2, 0) is 17.9 Å². The summed E-state index contributed by atoms with van der Waals surface area (Å²) in [5.74, 6) is 0. The molecule has 1 rings (SSSR count). The molecule has 92 valence electrons. The summed E-state index contributed by atoms with van der Waals surface area (Å²) in [6.45, 7) is 8.14. The zero-order valence-corrected chi connectivity index (χ0v) is 11.1. The van der Waals surface area contributed by atoms with Crippen LogP contribution in [0.15, 0.2) is 0 Å². The number of likely N-dealkylation sites (N-methyl/N-ethyl adjacent to an activating group) is 1. The first-order valence-electron chi connectivity index (χ1n) is 5.58. The van der Waals surface area contributed by atoms with E-state index in [9.17, 15) is 0 Å². The molecule has 0 aromatic carbocycles. The van der Waals surface area contributed by atoms with Crippen molar-refractivity contribution >= 4 is 11.6 Å². The van der Waals surface area contributed by atoms with E-state index in [2.05, 4.69) is 10.4 Å². The van der Waals surface area contributed by atoms with Crippen LogP contribution in [0.2, 0.25) is 5.02 Å². The quantitative estimate of drug-likeness (QED) is 0.833. The molecule has 4 nitrogen and oxygen atoms in total. The molecular formula is C11H20ClN3O. The topological polar surface area (TPSA) is 39.1 Å². The maximum atomic E-state index is 6.17. The molecule has 0 aliphatic heterocycles. The fraction of sp³-hybridized carbons (Fsp3) is 0.727. The second-order valence-electron chi connectivity index (χ2n) is 3.84. The highest BCUT2D eigenvalue weighted by Gasteiger charge is 2.13. The summed E-state index contributed by atoms with van der Waals surface area (Å²) in [7, 11) is 1.91. The van der Waals surface area contributed by atoms with Crippen LogP contribution in [-0.4, -0.2) is 29.5 Å². The molecule has 1 aromatic heterocycles. The average molecular weight is 246 g/mol. The van der Waals surface area contributed by atoms with Gasteiger partial charge < -0.3 is 10.1 Å². The average Bonchev–Trinajstić information content (AvgIpc) is 2.53. The van der Waals surface area contributed by atoms with Gasteiger partial charge in [0, 0.05) is 13.1 Å². The molecule has 1 unspecified atom stereocenters. The van der Waals surface area contributed by atoms with Gasteiger partial charge in [0.05, 0.1) is 29.1 Å². The predicted molar refractivity (Wildman–Crippen MR) is 65.8 cm³/mol. The van der Waals surface area contributed by atoms with Crippen LogP contribution in [0.25, 0.3) is 0 Å². The van der Waals surface area contributed by atoms with Crippen molar-refractivity contribution in [3.63, 3.8) is 0 Å². The molecule has 0 radical (unpaired) electrons. The van der Waals surface area contributed by atoms with Gasteiger partial charge in [0.15, 0.2) is 0 Å². The normalized spacial score (nSPS) is 13.1. The Kier molecular flexibility index (Phi) is 5.25. The molecule has 1 heterocycles. The lowest BCUT2D eigenvalue weighted by Crippen LogP contribution is -2.24. The van der Waals surface area contributed by atoms with Crippen LogP contribution in [0.3, 0.4) is 0 Å². The minimum atomic E-state index is 0.168. The van der Waals surface area contributed by atoms with Gasteiger partial charge in [-0.2, -0.15) is 5.10 Å². The molecular weight excluding hydrogens is 226 g/mol. The highest BCUT2D eigenvalue weighted by atomic mass is 35.5. The Morgan fingerprint density at radius 3 is 2.81 bits per heavy atom. The summed E-state index contributed by atoms with van der Waals surface area (Å²) in [6, 6.07) is 0. The fourth-order valence-corrected chi connectivity index (χ4v) is 1.76. The van der Waals surface area contributed by atoms with Crippen molar-refractivity contribution < 1.29 is 4.74 Å². The molecule has 0 amide bonds. The molecule has 0 aliphatic rings. The Morgan fingerprint density at radius 2 is 2.25 bits per heavy atom. The van der Waals surface area contributed by atoms with Gasteiger partial charge in [-0.15, -0.1) is 0 Å². The fourth-order valence-electron chi connectivity index (χ4n) is 1.57. The molecule has 16 heavy (non-hydrogen) atoms. The van der Waals surface area contributed by atoms with Crippen LogP contribution in [0.1, 0.15) is 25.2 Å². The van der Waals surface area contributed by atoms with Crippen molar-refractivity contribution in [3.05, 3.63) is 16.4 Å². The van der Waals surface area contributed by atoms with Gasteiger partial charge >= 0.3 is 0 Å². The molecule has 1 aromatic rings. The van der Waals surface area contributed by atoms with Crippen molar-refractivity contribution in [3.8, 4) is 0 Å². The first-order valence-corrected chi connectivity index (χ1v) is 5.95. The standard InChI is InChI=1S/C11H20ClN3O/c1-5-15-10(11(12)9(3)14-15)7-16-8(2)6-13-4/h8,13H,5-7H2,1-4H3. The van der Waals surface area contributed by atoms with Crippen LogP contribution in [0.4, 0.5) is 0 Å². The minimum absolute atomic E-state index is 0.168. The van der Waals surface area contributed by atoms with Crippen molar-refractivity contribution in [2.75, 3.05) is 13.6 Å². The summed E-state index contributed by atoms with van der Waals surface area (Å²) < 4.78 is 7.59. The number of halogens is 1. The third-order valence-corrected chi connectivity index (χ3v) is 2.94. The van der Waals surface area contributed by atoms with Crippen LogP contribution < -0.4 is 5.32 Å². The van der Waals surface area contributed by atoms with Crippen molar-refractivity contribution in [2.24, 2.45) is 0 Å². The van der Waals surface area contributed by atoms with Gasteiger partial charge in [-0.25, -0.2) is 0 Å². The van der Waals surface area contributed by atoms with E-state index in [0.29, 0.717) is 6.61 Å². The third-order valence-electron chi connectivity index (χ3n) is 2.45. The first kappa shape index (κ1) is 13.5. The highest BCUT2D eigenvalue weighted by Crippen LogP contribution is 2.21. The molecule has 1 N–H and O–H groups in total. The lowest BCUT2D eigenvalue weighted by molar-refractivity contribution is 0.0504. The smallest absolute Gasteiger partial charge is 0.0904 e. The maximum absolute atomic E-state index is 6.17. The molecule has 0 spiro atoms. The van der Waals surface area contributed by atoms with Crippen molar-refractivity contribution in [1.82, 2.24) is 15.1 Å². The summed E-state index contributed by atoms with van der Waals surface area (Å²) in [4.78, 5) is 0. The highest BCUT2D eigenvalue weighted by molar-refractivity contribution is 6.31. The molecule has 0 saturated heterocycles. The maximum Gasteiger partial charge on any atom is 0.0904 e. The van der Waals surface area contributed by atoms with E-state index in [1.165, 1.54) is 0 Å². The zero-order valence-electron chi connectivity index (χ0n) is 10.4. The third kappa shape index (κ3) is 3.20. The van der Waals surface area contributed by atoms with Crippen molar-refractivity contribution in [2.45, 2.75) is 40.0 Å². The Labute approximate surface area is 102 Å². The van der Waals surface area contributed by atoms with E-state index in [0.717, 1.165) is 29.5 Å². The van der Waals surface area contributed by atoms with Gasteiger partial charge in [-0.1, -0.05) is 11.6 Å². The Bertz CT molecular complexity index is 338. The second-order valence-corrected chi connectivity index (χ2v) is 4.22. The molecule has 5 heteroatoms. The molecule has 1 atom stereocenters. The number of rotatable bonds is 6. The van der Waals surface area contributed by atoms with E-state index < -0.39 is 0 Å². The van der Waals surface area contributed by atoms with Crippen LogP contribution in [0.5, 0.6) is 0 Å².